The summed E-state index contributed by atoms with van der Waals surface area (Å²) in [5, 5.41) is 3.52. The molecule has 1 aliphatic rings. The molecule has 0 saturated carbocycles. The molecule has 1 saturated heterocycles. The van der Waals surface area contributed by atoms with Crippen LogP contribution in [-0.2, 0) is 0 Å². The van der Waals surface area contributed by atoms with E-state index in [9.17, 15) is 4.79 Å². The zero-order valence-electron chi connectivity index (χ0n) is 12.4. The van der Waals surface area contributed by atoms with Crippen LogP contribution in [0, 0.1) is 5.92 Å². The number of primary amides is 1. The number of rotatable bonds is 5. The van der Waals surface area contributed by atoms with Crippen LogP contribution in [0.4, 0.5) is 5.69 Å². The highest BCUT2D eigenvalue weighted by Gasteiger charge is 2.19. The lowest BCUT2D eigenvalue weighted by molar-refractivity contribution is 0.100. The molecule has 2 rings (SSSR count). The molecule has 1 aliphatic heterocycles. The second kappa shape index (κ2) is 6.75. The Kier molecular flexibility index (Phi) is 5.01. The molecule has 0 spiro atoms. The number of benzene rings is 1. The summed E-state index contributed by atoms with van der Waals surface area (Å²) >= 11 is 0. The van der Waals surface area contributed by atoms with Crippen LogP contribution < -0.4 is 11.1 Å². The monoisotopic (exact) mass is 275 g/mol. The number of piperidine rings is 1. The number of anilines is 1. The third-order valence-electron chi connectivity index (χ3n) is 3.73. The van der Waals surface area contributed by atoms with Crippen molar-refractivity contribution in [3.63, 3.8) is 0 Å². The van der Waals surface area contributed by atoms with Crippen LogP contribution in [0.5, 0.6) is 0 Å². The lowest BCUT2D eigenvalue weighted by Crippen LogP contribution is -2.40. The van der Waals surface area contributed by atoms with E-state index >= 15 is 0 Å². The Balaban J connectivity index is 1.86. The first kappa shape index (κ1) is 14.9. The van der Waals surface area contributed by atoms with Gasteiger partial charge in [0, 0.05) is 36.9 Å². The van der Waals surface area contributed by atoms with Crippen molar-refractivity contribution in [2.24, 2.45) is 11.7 Å². The maximum absolute atomic E-state index is 11.2. The van der Waals surface area contributed by atoms with E-state index in [2.05, 4.69) is 24.1 Å². The Hall–Kier alpha value is -1.55. The summed E-state index contributed by atoms with van der Waals surface area (Å²) < 4.78 is 0. The third-order valence-corrected chi connectivity index (χ3v) is 3.73. The molecule has 3 N–H and O–H groups in total. The Labute approximate surface area is 121 Å². The lowest BCUT2D eigenvalue weighted by atomic mass is 10.0. The zero-order chi connectivity index (χ0) is 14.5. The fourth-order valence-corrected chi connectivity index (χ4v) is 2.77. The molecule has 0 bridgehead atoms. The van der Waals surface area contributed by atoms with Crippen molar-refractivity contribution in [1.82, 2.24) is 4.90 Å². The number of carbonyl (C=O) groups is 1. The quantitative estimate of drug-likeness (QED) is 0.867. The minimum atomic E-state index is -0.375. The van der Waals surface area contributed by atoms with Crippen LogP contribution >= 0.6 is 0 Å². The largest absolute Gasteiger partial charge is 0.382 e. The van der Waals surface area contributed by atoms with Crippen molar-refractivity contribution >= 4 is 11.6 Å². The standard InChI is InChI=1S/C16H25N3O/c1-12(2)11-19-8-6-14(7-9-19)18-15-5-3-4-13(10-15)16(17)20/h3-5,10,12,14,18H,6-9,11H2,1-2H3,(H2,17,20). The average Bonchev–Trinajstić information content (AvgIpc) is 2.41. The number of nitrogens with two attached hydrogens (primary N) is 1. The van der Waals surface area contributed by atoms with Gasteiger partial charge >= 0.3 is 0 Å². The van der Waals surface area contributed by atoms with Gasteiger partial charge in [-0.2, -0.15) is 0 Å². The molecule has 1 aromatic rings. The molecule has 20 heavy (non-hydrogen) atoms. The van der Waals surface area contributed by atoms with E-state index < -0.39 is 0 Å². The molecule has 4 heteroatoms. The number of hydrogen-bond donors (Lipinski definition) is 2. The van der Waals surface area contributed by atoms with E-state index in [1.54, 1.807) is 6.07 Å². The van der Waals surface area contributed by atoms with Gasteiger partial charge in [-0.05, 0) is 37.0 Å². The minimum absolute atomic E-state index is 0.375. The van der Waals surface area contributed by atoms with Crippen molar-refractivity contribution in [1.29, 1.82) is 0 Å². The van der Waals surface area contributed by atoms with Gasteiger partial charge in [0.15, 0.2) is 0 Å². The zero-order valence-corrected chi connectivity index (χ0v) is 12.4. The third kappa shape index (κ3) is 4.23. The number of nitrogens with zero attached hydrogens (tertiary/aromatic N) is 1. The molecular weight excluding hydrogens is 250 g/mol. The van der Waals surface area contributed by atoms with Gasteiger partial charge in [0.1, 0.15) is 0 Å². The fourth-order valence-electron chi connectivity index (χ4n) is 2.77. The van der Waals surface area contributed by atoms with Crippen molar-refractivity contribution in [3.05, 3.63) is 29.8 Å². The van der Waals surface area contributed by atoms with E-state index in [4.69, 9.17) is 5.73 Å². The maximum atomic E-state index is 11.2. The molecule has 1 aromatic carbocycles. The minimum Gasteiger partial charge on any atom is -0.382 e. The topological polar surface area (TPSA) is 58.4 Å². The summed E-state index contributed by atoms with van der Waals surface area (Å²) in [4.78, 5) is 13.7. The highest BCUT2D eigenvalue weighted by atomic mass is 16.1. The van der Waals surface area contributed by atoms with E-state index in [0.29, 0.717) is 11.6 Å². The van der Waals surface area contributed by atoms with Crippen molar-refractivity contribution in [3.8, 4) is 0 Å². The molecule has 110 valence electrons. The Morgan fingerprint density at radius 2 is 2.10 bits per heavy atom. The second-order valence-corrected chi connectivity index (χ2v) is 6.06. The van der Waals surface area contributed by atoms with Gasteiger partial charge in [-0.25, -0.2) is 0 Å². The average molecular weight is 275 g/mol. The molecule has 0 unspecified atom stereocenters. The summed E-state index contributed by atoms with van der Waals surface area (Å²) in [5.41, 5.74) is 6.86. The van der Waals surface area contributed by atoms with Crippen LogP contribution in [0.25, 0.3) is 0 Å². The fraction of sp³-hybridized carbons (Fsp3) is 0.562. The Morgan fingerprint density at radius 1 is 1.40 bits per heavy atom. The highest BCUT2D eigenvalue weighted by Crippen LogP contribution is 2.18. The second-order valence-electron chi connectivity index (χ2n) is 6.06. The van der Waals surface area contributed by atoms with Gasteiger partial charge in [-0.15, -0.1) is 0 Å². The van der Waals surface area contributed by atoms with Crippen LogP contribution in [-0.4, -0.2) is 36.5 Å². The van der Waals surface area contributed by atoms with Gasteiger partial charge in [0.25, 0.3) is 0 Å². The lowest BCUT2D eigenvalue weighted by Gasteiger charge is -2.33. The van der Waals surface area contributed by atoms with Crippen LogP contribution in [0.2, 0.25) is 0 Å². The summed E-state index contributed by atoms with van der Waals surface area (Å²) in [6.07, 6.45) is 2.29. The van der Waals surface area contributed by atoms with Crippen LogP contribution in [0.15, 0.2) is 24.3 Å². The van der Waals surface area contributed by atoms with E-state index in [-0.39, 0.29) is 5.91 Å². The Bertz CT molecular complexity index is 451. The van der Waals surface area contributed by atoms with Gasteiger partial charge < -0.3 is 16.0 Å². The normalized spacial score (nSPS) is 17.4. The number of amides is 1. The first-order chi connectivity index (χ1) is 9.54. The van der Waals surface area contributed by atoms with E-state index in [1.165, 1.54) is 6.54 Å². The molecule has 1 amide bonds. The van der Waals surface area contributed by atoms with E-state index in [0.717, 1.165) is 37.5 Å². The first-order valence-corrected chi connectivity index (χ1v) is 7.43. The van der Waals surface area contributed by atoms with Crippen molar-refractivity contribution < 1.29 is 4.79 Å². The molecule has 1 fully saturated rings. The predicted molar refractivity (Wildman–Crippen MR) is 82.9 cm³/mol. The molecule has 1 heterocycles. The van der Waals surface area contributed by atoms with Crippen LogP contribution in [0.3, 0.4) is 0 Å². The van der Waals surface area contributed by atoms with Crippen LogP contribution in [0.1, 0.15) is 37.0 Å². The van der Waals surface area contributed by atoms with Crippen molar-refractivity contribution in [2.45, 2.75) is 32.7 Å². The maximum Gasteiger partial charge on any atom is 0.248 e. The van der Waals surface area contributed by atoms with Crippen molar-refractivity contribution in [2.75, 3.05) is 25.0 Å². The Morgan fingerprint density at radius 3 is 2.70 bits per heavy atom. The highest BCUT2D eigenvalue weighted by molar-refractivity contribution is 5.93. The number of nitrogens with one attached hydrogen (secondary N) is 1. The molecule has 0 radical (unpaired) electrons. The van der Waals surface area contributed by atoms with Gasteiger partial charge in [0.05, 0.1) is 0 Å². The molecule has 0 atom stereocenters. The molecule has 0 aromatic heterocycles. The number of carbonyl (C=O) groups excluding carboxylic acids is 1. The number of hydrogen-bond acceptors (Lipinski definition) is 3. The predicted octanol–water partition coefficient (Wildman–Crippen LogP) is 2.32. The van der Waals surface area contributed by atoms with Gasteiger partial charge in [-0.3, -0.25) is 4.79 Å². The van der Waals surface area contributed by atoms with Gasteiger partial charge in [0.2, 0.25) is 5.91 Å². The smallest absolute Gasteiger partial charge is 0.248 e. The summed E-state index contributed by atoms with van der Waals surface area (Å²) in [5.74, 6) is 0.354. The van der Waals surface area contributed by atoms with E-state index in [1.807, 2.05) is 18.2 Å². The molecule has 4 nitrogen and oxygen atoms in total. The van der Waals surface area contributed by atoms with Gasteiger partial charge in [-0.1, -0.05) is 19.9 Å². The number of likely N-dealkylation sites (tertiary alicyclic amines) is 1. The summed E-state index contributed by atoms with van der Waals surface area (Å²) in [6, 6.07) is 7.94. The molecular formula is C16H25N3O. The first-order valence-electron chi connectivity index (χ1n) is 7.43. The summed E-state index contributed by atoms with van der Waals surface area (Å²) in [6.45, 7) is 8.00. The summed E-state index contributed by atoms with van der Waals surface area (Å²) in [7, 11) is 0. The molecule has 0 aliphatic carbocycles. The SMILES string of the molecule is CC(C)CN1CCC(Nc2cccc(C(N)=O)c2)CC1.